The Morgan fingerprint density at radius 2 is 1.86 bits per heavy atom. The molecule has 0 spiro atoms. The molecular formula is C16H27N3O3. The third kappa shape index (κ3) is 3.91. The molecule has 0 unspecified atom stereocenters. The van der Waals surface area contributed by atoms with E-state index in [9.17, 15) is 9.59 Å². The molecule has 1 heterocycles. The molecular weight excluding hydrogens is 282 g/mol. The number of rotatable bonds is 5. The molecule has 6 heteroatoms. The van der Waals surface area contributed by atoms with E-state index in [4.69, 9.17) is 10.5 Å². The van der Waals surface area contributed by atoms with Gasteiger partial charge in [0, 0.05) is 12.6 Å². The molecule has 1 saturated heterocycles. The monoisotopic (exact) mass is 309 g/mol. The predicted molar refractivity (Wildman–Crippen MR) is 82.1 cm³/mol. The minimum atomic E-state index is -0.492. The summed E-state index contributed by atoms with van der Waals surface area (Å²) in [5.74, 6) is 1.09. The predicted octanol–water partition coefficient (Wildman–Crippen LogP) is 1.29. The van der Waals surface area contributed by atoms with Crippen LogP contribution < -0.4 is 16.4 Å². The molecule has 1 aliphatic heterocycles. The van der Waals surface area contributed by atoms with Crippen LogP contribution in [0.25, 0.3) is 0 Å². The van der Waals surface area contributed by atoms with Crippen molar-refractivity contribution in [1.29, 1.82) is 0 Å². The summed E-state index contributed by atoms with van der Waals surface area (Å²) in [7, 11) is 0. The lowest BCUT2D eigenvalue weighted by molar-refractivity contribution is -0.128. The third-order valence-corrected chi connectivity index (χ3v) is 5.33. The molecule has 3 fully saturated rings. The van der Waals surface area contributed by atoms with Gasteiger partial charge in [0.05, 0.1) is 6.10 Å². The summed E-state index contributed by atoms with van der Waals surface area (Å²) in [6.07, 6.45) is 8.67. The molecule has 0 bridgehead atoms. The Balaban J connectivity index is 1.31. The molecule has 4 N–H and O–H groups in total. The van der Waals surface area contributed by atoms with Gasteiger partial charge >= 0.3 is 6.03 Å². The van der Waals surface area contributed by atoms with Crippen molar-refractivity contribution in [3.63, 3.8) is 0 Å². The maximum absolute atomic E-state index is 11.9. The van der Waals surface area contributed by atoms with Crippen LogP contribution in [-0.2, 0) is 9.53 Å². The van der Waals surface area contributed by atoms with Crippen LogP contribution in [0.15, 0.2) is 0 Å². The van der Waals surface area contributed by atoms with Crippen LogP contribution >= 0.6 is 0 Å². The summed E-state index contributed by atoms with van der Waals surface area (Å²) in [4.78, 5) is 22.9. The number of ether oxygens (including phenoxy) is 1. The number of hydrogen-bond acceptors (Lipinski definition) is 3. The molecule has 0 aromatic carbocycles. The molecule has 3 aliphatic rings. The SMILES string of the molecule is NC(=O)[C@@H]1CC[C@H](CNC(=O)N[C@@H]2C[C@H]2C2CCCCC2)O1. The summed E-state index contributed by atoms with van der Waals surface area (Å²) >= 11 is 0. The molecule has 3 amide bonds. The highest BCUT2D eigenvalue weighted by Crippen LogP contribution is 2.44. The molecule has 2 aliphatic carbocycles. The molecule has 0 radical (unpaired) electrons. The molecule has 22 heavy (non-hydrogen) atoms. The van der Waals surface area contributed by atoms with E-state index in [1.807, 2.05) is 0 Å². The Kier molecular flexibility index (Phi) is 4.86. The van der Waals surface area contributed by atoms with E-state index >= 15 is 0 Å². The Bertz CT molecular complexity index is 423. The fourth-order valence-corrected chi connectivity index (χ4v) is 3.96. The highest BCUT2D eigenvalue weighted by atomic mass is 16.5. The summed E-state index contributed by atoms with van der Waals surface area (Å²) in [6.45, 7) is 0.441. The molecule has 0 aromatic rings. The van der Waals surface area contributed by atoms with Crippen LogP contribution in [0.1, 0.15) is 51.4 Å². The Labute approximate surface area is 131 Å². The van der Waals surface area contributed by atoms with E-state index < -0.39 is 12.0 Å². The third-order valence-electron chi connectivity index (χ3n) is 5.33. The van der Waals surface area contributed by atoms with Crippen LogP contribution in [0.3, 0.4) is 0 Å². The second kappa shape index (κ2) is 6.86. The van der Waals surface area contributed by atoms with Crippen molar-refractivity contribution in [1.82, 2.24) is 10.6 Å². The first kappa shape index (κ1) is 15.6. The minimum absolute atomic E-state index is 0.100. The van der Waals surface area contributed by atoms with E-state index in [0.717, 1.165) is 18.8 Å². The quantitative estimate of drug-likeness (QED) is 0.714. The average molecular weight is 309 g/mol. The first-order valence-corrected chi connectivity index (χ1v) is 8.62. The topological polar surface area (TPSA) is 93.5 Å². The maximum atomic E-state index is 11.9. The van der Waals surface area contributed by atoms with E-state index in [0.29, 0.717) is 24.9 Å². The summed E-state index contributed by atoms with van der Waals surface area (Å²) in [6, 6.07) is 0.236. The number of hydrogen-bond donors (Lipinski definition) is 3. The molecule has 0 aromatic heterocycles. The van der Waals surface area contributed by atoms with Gasteiger partial charge in [-0.3, -0.25) is 4.79 Å². The lowest BCUT2D eigenvalue weighted by Crippen LogP contribution is -2.41. The van der Waals surface area contributed by atoms with Crippen LogP contribution in [0.4, 0.5) is 4.79 Å². The first-order chi connectivity index (χ1) is 10.6. The van der Waals surface area contributed by atoms with Crippen LogP contribution in [0.5, 0.6) is 0 Å². The second-order valence-electron chi connectivity index (χ2n) is 6.98. The number of nitrogens with two attached hydrogens (primary N) is 1. The van der Waals surface area contributed by atoms with Gasteiger partial charge in [-0.05, 0) is 31.1 Å². The van der Waals surface area contributed by atoms with Gasteiger partial charge in [0.15, 0.2) is 0 Å². The second-order valence-corrected chi connectivity index (χ2v) is 6.98. The van der Waals surface area contributed by atoms with E-state index in [1.165, 1.54) is 32.1 Å². The molecule has 3 rings (SSSR count). The number of amides is 3. The zero-order valence-electron chi connectivity index (χ0n) is 13.1. The van der Waals surface area contributed by atoms with Crippen molar-refractivity contribution < 1.29 is 14.3 Å². The first-order valence-electron chi connectivity index (χ1n) is 8.62. The van der Waals surface area contributed by atoms with Gasteiger partial charge in [-0.2, -0.15) is 0 Å². The van der Waals surface area contributed by atoms with Gasteiger partial charge in [-0.15, -0.1) is 0 Å². The molecule has 4 atom stereocenters. The van der Waals surface area contributed by atoms with Crippen molar-refractivity contribution in [2.75, 3.05) is 6.54 Å². The zero-order chi connectivity index (χ0) is 15.5. The Morgan fingerprint density at radius 1 is 1.09 bits per heavy atom. The fraction of sp³-hybridized carbons (Fsp3) is 0.875. The van der Waals surface area contributed by atoms with Crippen molar-refractivity contribution in [3.8, 4) is 0 Å². The molecule has 124 valence electrons. The van der Waals surface area contributed by atoms with Crippen molar-refractivity contribution in [2.45, 2.75) is 69.6 Å². The van der Waals surface area contributed by atoms with Gasteiger partial charge in [-0.1, -0.05) is 32.1 Å². The van der Waals surface area contributed by atoms with E-state index in [-0.39, 0.29) is 12.1 Å². The van der Waals surface area contributed by atoms with Crippen molar-refractivity contribution in [3.05, 3.63) is 0 Å². The van der Waals surface area contributed by atoms with E-state index in [2.05, 4.69) is 10.6 Å². The normalized spacial score (nSPS) is 35.1. The molecule has 2 saturated carbocycles. The van der Waals surface area contributed by atoms with Gasteiger partial charge in [-0.25, -0.2) is 4.79 Å². The van der Waals surface area contributed by atoms with E-state index in [1.54, 1.807) is 0 Å². The van der Waals surface area contributed by atoms with Gasteiger partial charge in [0.1, 0.15) is 6.10 Å². The lowest BCUT2D eigenvalue weighted by Gasteiger charge is -2.21. The number of nitrogens with one attached hydrogen (secondary N) is 2. The highest BCUT2D eigenvalue weighted by molar-refractivity contribution is 5.79. The van der Waals surface area contributed by atoms with Crippen LogP contribution in [-0.4, -0.2) is 36.7 Å². The number of primary amides is 1. The summed E-state index contributed by atoms with van der Waals surface area (Å²) < 4.78 is 5.49. The van der Waals surface area contributed by atoms with Crippen LogP contribution in [0.2, 0.25) is 0 Å². The summed E-state index contributed by atoms with van der Waals surface area (Å²) in [5, 5.41) is 5.91. The van der Waals surface area contributed by atoms with Gasteiger partial charge in [0.25, 0.3) is 0 Å². The standard InChI is InChI=1S/C16H27N3O3/c17-15(20)14-7-6-11(22-14)9-18-16(21)19-13-8-12(13)10-4-2-1-3-5-10/h10-14H,1-9H2,(H2,17,20)(H2,18,19,21)/t11-,12+,13-,14+/m1/s1. The smallest absolute Gasteiger partial charge is 0.315 e. The summed E-state index contributed by atoms with van der Waals surface area (Å²) in [5.41, 5.74) is 5.21. The number of urea groups is 1. The van der Waals surface area contributed by atoms with Crippen molar-refractivity contribution in [2.24, 2.45) is 17.6 Å². The highest BCUT2D eigenvalue weighted by Gasteiger charge is 2.43. The van der Waals surface area contributed by atoms with Crippen LogP contribution in [0, 0.1) is 11.8 Å². The fourth-order valence-electron chi connectivity index (χ4n) is 3.96. The zero-order valence-corrected chi connectivity index (χ0v) is 13.1. The minimum Gasteiger partial charge on any atom is -0.367 e. The average Bonchev–Trinajstić information content (AvgIpc) is 3.10. The molecule has 6 nitrogen and oxygen atoms in total. The van der Waals surface area contributed by atoms with Gasteiger partial charge < -0.3 is 21.1 Å². The number of carbonyl (C=O) groups is 2. The van der Waals surface area contributed by atoms with Gasteiger partial charge in [0.2, 0.25) is 5.91 Å². The largest absolute Gasteiger partial charge is 0.367 e. The Hall–Kier alpha value is -1.30. The maximum Gasteiger partial charge on any atom is 0.315 e. The Morgan fingerprint density at radius 3 is 2.55 bits per heavy atom. The number of carbonyl (C=O) groups excluding carboxylic acids is 2. The van der Waals surface area contributed by atoms with Crippen molar-refractivity contribution >= 4 is 11.9 Å². The lowest BCUT2D eigenvalue weighted by atomic mass is 9.85.